The van der Waals surface area contributed by atoms with Gasteiger partial charge in [0.15, 0.2) is 0 Å². The number of carbonyl (C=O) groups is 2. The average Bonchev–Trinajstić information content (AvgIpc) is 3.33. The lowest BCUT2D eigenvalue weighted by Gasteiger charge is -2.27. The topological polar surface area (TPSA) is 91.1 Å². The Labute approximate surface area is 225 Å². The minimum Gasteiger partial charge on any atom is -0.487 e. The van der Waals surface area contributed by atoms with Gasteiger partial charge in [-0.05, 0) is 62.2 Å². The van der Waals surface area contributed by atoms with Crippen LogP contribution in [0.2, 0.25) is 0 Å². The summed E-state index contributed by atoms with van der Waals surface area (Å²) in [4.78, 5) is 30.8. The summed E-state index contributed by atoms with van der Waals surface area (Å²) in [6.07, 6.45) is -0.813. The zero-order chi connectivity index (χ0) is 27.9. The highest BCUT2D eigenvalue weighted by Crippen LogP contribution is 2.26. The van der Waals surface area contributed by atoms with Crippen LogP contribution in [-0.4, -0.2) is 35.6 Å². The maximum atomic E-state index is 13.9. The molecular formula is C30H29FN2O6. The maximum Gasteiger partial charge on any atom is 0.416 e. The molecule has 0 N–H and O–H groups in total. The van der Waals surface area contributed by atoms with Crippen LogP contribution in [0.4, 0.5) is 9.18 Å². The van der Waals surface area contributed by atoms with Crippen molar-refractivity contribution in [3.63, 3.8) is 0 Å². The monoisotopic (exact) mass is 532 g/mol. The molecule has 1 amide bonds. The number of rotatable bonds is 9. The van der Waals surface area contributed by atoms with Crippen molar-refractivity contribution in [2.45, 2.75) is 33.4 Å². The Morgan fingerprint density at radius 3 is 2.36 bits per heavy atom. The highest BCUT2D eigenvalue weighted by Gasteiger charge is 2.27. The third kappa shape index (κ3) is 6.81. The van der Waals surface area contributed by atoms with Crippen molar-refractivity contribution < 1.29 is 32.6 Å². The van der Waals surface area contributed by atoms with Gasteiger partial charge in [-0.2, -0.15) is 0 Å². The van der Waals surface area contributed by atoms with E-state index in [2.05, 4.69) is 4.98 Å². The van der Waals surface area contributed by atoms with Gasteiger partial charge in [0.25, 0.3) is 0 Å². The van der Waals surface area contributed by atoms with Crippen LogP contribution in [0.3, 0.4) is 0 Å². The Morgan fingerprint density at radius 2 is 1.69 bits per heavy atom. The van der Waals surface area contributed by atoms with E-state index in [1.165, 1.54) is 24.1 Å². The van der Waals surface area contributed by atoms with Gasteiger partial charge in [-0.15, -0.1) is 0 Å². The molecule has 202 valence electrons. The second-order valence-electron chi connectivity index (χ2n) is 8.90. The highest BCUT2D eigenvalue weighted by molar-refractivity contribution is 5.79. The SMILES string of the molecule is COC(=O)CN(C(=O)Oc1ccc(C)c(F)c1)[C@@H](C)c1ccc(OCc2nc(-c3ccccc3)oc2C)cc1. The molecule has 0 aliphatic heterocycles. The Kier molecular flexibility index (Phi) is 8.60. The fraction of sp³-hybridized carbons (Fsp3) is 0.233. The van der Waals surface area contributed by atoms with Crippen molar-refractivity contribution in [2.24, 2.45) is 0 Å². The molecule has 0 aliphatic rings. The molecule has 1 aromatic heterocycles. The maximum absolute atomic E-state index is 13.9. The number of aryl methyl sites for hydroxylation is 2. The van der Waals surface area contributed by atoms with Crippen molar-refractivity contribution in [3.8, 4) is 23.0 Å². The van der Waals surface area contributed by atoms with Gasteiger partial charge in [-0.1, -0.05) is 36.4 Å². The van der Waals surface area contributed by atoms with Crippen molar-refractivity contribution >= 4 is 12.1 Å². The van der Waals surface area contributed by atoms with Crippen LogP contribution in [0.5, 0.6) is 11.5 Å². The zero-order valence-corrected chi connectivity index (χ0v) is 22.1. The third-order valence-electron chi connectivity index (χ3n) is 6.23. The first-order valence-corrected chi connectivity index (χ1v) is 12.3. The van der Waals surface area contributed by atoms with Gasteiger partial charge < -0.3 is 18.6 Å². The Hall–Kier alpha value is -4.66. The van der Waals surface area contributed by atoms with E-state index in [1.807, 2.05) is 37.3 Å². The molecule has 4 aromatic rings. The molecule has 0 unspecified atom stereocenters. The molecule has 0 saturated heterocycles. The molecule has 39 heavy (non-hydrogen) atoms. The highest BCUT2D eigenvalue weighted by atomic mass is 19.1. The predicted molar refractivity (Wildman–Crippen MR) is 142 cm³/mol. The summed E-state index contributed by atoms with van der Waals surface area (Å²) in [6, 6.07) is 20.3. The van der Waals surface area contributed by atoms with Crippen LogP contribution in [0.25, 0.3) is 11.5 Å². The van der Waals surface area contributed by atoms with Gasteiger partial charge in [0.05, 0.1) is 13.2 Å². The van der Waals surface area contributed by atoms with Crippen molar-refractivity contribution in [3.05, 3.63) is 101 Å². The van der Waals surface area contributed by atoms with E-state index < -0.39 is 23.9 Å². The average molecular weight is 533 g/mol. The number of esters is 1. The Morgan fingerprint density at radius 1 is 1.00 bits per heavy atom. The van der Waals surface area contributed by atoms with Crippen LogP contribution in [-0.2, 0) is 16.1 Å². The lowest BCUT2D eigenvalue weighted by Crippen LogP contribution is -2.40. The molecule has 1 atom stereocenters. The molecular weight excluding hydrogens is 503 g/mol. The fourth-order valence-electron chi connectivity index (χ4n) is 3.80. The van der Waals surface area contributed by atoms with E-state index in [9.17, 15) is 14.0 Å². The lowest BCUT2D eigenvalue weighted by molar-refractivity contribution is -0.141. The van der Waals surface area contributed by atoms with Gasteiger partial charge in [0.2, 0.25) is 5.89 Å². The number of carbonyl (C=O) groups excluding carboxylic acids is 2. The number of amides is 1. The largest absolute Gasteiger partial charge is 0.487 e. The minimum absolute atomic E-state index is 0.0347. The van der Waals surface area contributed by atoms with E-state index in [-0.39, 0.29) is 18.9 Å². The van der Waals surface area contributed by atoms with Crippen LogP contribution in [0.1, 0.15) is 35.5 Å². The fourth-order valence-corrected chi connectivity index (χ4v) is 3.80. The van der Waals surface area contributed by atoms with E-state index in [1.54, 1.807) is 38.1 Å². The second-order valence-corrected chi connectivity index (χ2v) is 8.90. The van der Waals surface area contributed by atoms with E-state index >= 15 is 0 Å². The van der Waals surface area contributed by atoms with Gasteiger partial charge in [-0.3, -0.25) is 9.69 Å². The molecule has 4 rings (SSSR count). The minimum atomic E-state index is -0.813. The molecule has 0 fully saturated rings. The summed E-state index contributed by atoms with van der Waals surface area (Å²) in [5.74, 6) is 0.706. The van der Waals surface area contributed by atoms with E-state index in [4.69, 9.17) is 18.6 Å². The number of methoxy groups -OCH3 is 1. The number of ether oxygens (including phenoxy) is 3. The van der Waals surface area contributed by atoms with Crippen molar-refractivity contribution in [2.75, 3.05) is 13.7 Å². The van der Waals surface area contributed by atoms with Crippen molar-refractivity contribution in [1.29, 1.82) is 0 Å². The first-order valence-electron chi connectivity index (χ1n) is 12.3. The van der Waals surface area contributed by atoms with Crippen LogP contribution in [0.15, 0.2) is 77.2 Å². The van der Waals surface area contributed by atoms with Gasteiger partial charge in [0.1, 0.15) is 41.9 Å². The van der Waals surface area contributed by atoms with Crippen molar-refractivity contribution in [1.82, 2.24) is 9.88 Å². The molecule has 1 heterocycles. The number of benzene rings is 3. The first kappa shape index (κ1) is 27.4. The standard InChI is InChI=1S/C30H29FN2O6/c1-19-10-13-25(16-26(19)31)39-30(35)33(17-28(34)36-4)20(2)22-11-14-24(15-12-22)37-18-27-21(3)38-29(32-27)23-8-6-5-7-9-23/h5-16,20H,17-18H2,1-4H3/t20-/m0/s1. The lowest BCUT2D eigenvalue weighted by atomic mass is 10.1. The van der Waals surface area contributed by atoms with E-state index in [0.29, 0.717) is 28.7 Å². The number of halogens is 1. The summed E-state index contributed by atoms with van der Waals surface area (Å²) in [5, 5.41) is 0. The number of hydrogen-bond donors (Lipinski definition) is 0. The molecule has 0 aliphatic carbocycles. The van der Waals surface area contributed by atoms with Gasteiger partial charge in [0, 0.05) is 11.6 Å². The van der Waals surface area contributed by atoms with Crippen LogP contribution < -0.4 is 9.47 Å². The number of aromatic nitrogens is 1. The van der Waals surface area contributed by atoms with Crippen LogP contribution in [0, 0.1) is 19.7 Å². The number of nitrogens with zero attached hydrogens (tertiary/aromatic N) is 2. The summed E-state index contributed by atoms with van der Waals surface area (Å²) in [5.41, 5.74) is 2.72. The van der Waals surface area contributed by atoms with E-state index in [0.717, 1.165) is 17.2 Å². The molecule has 0 bridgehead atoms. The zero-order valence-electron chi connectivity index (χ0n) is 22.1. The molecule has 0 saturated carbocycles. The Balaban J connectivity index is 1.44. The van der Waals surface area contributed by atoms with Crippen LogP contribution >= 0.6 is 0 Å². The number of hydrogen-bond acceptors (Lipinski definition) is 7. The van der Waals surface area contributed by atoms with Gasteiger partial charge >= 0.3 is 12.1 Å². The quantitative estimate of drug-likeness (QED) is 0.230. The number of oxazole rings is 1. The summed E-state index contributed by atoms with van der Waals surface area (Å²) in [7, 11) is 1.23. The first-order chi connectivity index (χ1) is 18.7. The molecule has 3 aromatic carbocycles. The normalized spacial score (nSPS) is 11.5. The second kappa shape index (κ2) is 12.3. The van der Waals surface area contributed by atoms with Gasteiger partial charge in [-0.25, -0.2) is 14.2 Å². The molecule has 9 heteroatoms. The Bertz CT molecular complexity index is 1440. The summed E-state index contributed by atoms with van der Waals surface area (Å²) in [6.45, 7) is 5.06. The predicted octanol–water partition coefficient (Wildman–Crippen LogP) is 6.41. The molecule has 0 spiro atoms. The molecule has 8 nitrogen and oxygen atoms in total. The third-order valence-corrected chi connectivity index (χ3v) is 6.23. The summed E-state index contributed by atoms with van der Waals surface area (Å²) < 4.78 is 35.7. The molecule has 0 radical (unpaired) electrons. The summed E-state index contributed by atoms with van der Waals surface area (Å²) >= 11 is 0. The smallest absolute Gasteiger partial charge is 0.416 e.